The SMILES string of the molecule is CC1(C)CC(=C[C@H]2[C@H](C(=O)O)C2(C)C)CC(C)(C)C1. The van der Waals surface area contributed by atoms with Crippen LogP contribution in [0, 0.1) is 28.1 Å². The molecule has 2 heteroatoms. The Morgan fingerprint density at radius 2 is 1.58 bits per heavy atom. The largest absolute Gasteiger partial charge is 0.481 e. The Labute approximate surface area is 117 Å². The normalized spacial score (nSPS) is 34.7. The van der Waals surface area contributed by atoms with Gasteiger partial charge in [-0.1, -0.05) is 53.2 Å². The van der Waals surface area contributed by atoms with E-state index in [1.54, 1.807) is 0 Å². The van der Waals surface area contributed by atoms with E-state index >= 15 is 0 Å². The number of hydrogen-bond donors (Lipinski definition) is 1. The molecule has 2 rings (SSSR count). The van der Waals surface area contributed by atoms with Crippen molar-refractivity contribution in [3.05, 3.63) is 11.6 Å². The molecule has 0 aliphatic heterocycles. The molecule has 2 atom stereocenters. The molecule has 0 aromatic heterocycles. The quantitative estimate of drug-likeness (QED) is 0.745. The lowest BCUT2D eigenvalue weighted by molar-refractivity contribution is -0.139. The Morgan fingerprint density at radius 3 is 1.95 bits per heavy atom. The maximum absolute atomic E-state index is 11.3. The fraction of sp³-hybridized carbons (Fsp3) is 0.824. The summed E-state index contributed by atoms with van der Waals surface area (Å²) >= 11 is 0. The molecule has 0 aromatic rings. The third-order valence-corrected chi connectivity index (χ3v) is 4.96. The van der Waals surface area contributed by atoms with Gasteiger partial charge >= 0.3 is 5.97 Å². The van der Waals surface area contributed by atoms with E-state index in [4.69, 9.17) is 0 Å². The Morgan fingerprint density at radius 1 is 1.11 bits per heavy atom. The first kappa shape index (κ1) is 14.6. The van der Waals surface area contributed by atoms with Crippen LogP contribution in [0.2, 0.25) is 0 Å². The second-order valence-corrected chi connectivity index (χ2v) is 8.85. The molecule has 0 unspecified atom stereocenters. The van der Waals surface area contributed by atoms with Crippen molar-refractivity contribution in [2.75, 3.05) is 0 Å². The van der Waals surface area contributed by atoms with Crippen LogP contribution in [0.25, 0.3) is 0 Å². The zero-order chi connectivity index (χ0) is 14.6. The summed E-state index contributed by atoms with van der Waals surface area (Å²) in [6, 6.07) is 0. The van der Waals surface area contributed by atoms with Gasteiger partial charge in [0.15, 0.2) is 0 Å². The molecule has 2 aliphatic carbocycles. The number of aliphatic carboxylic acids is 1. The lowest BCUT2D eigenvalue weighted by Crippen LogP contribution is -2.29. The first-order valence-corrected chi connectivity index (χ1v) is 7.37. The maximum Gasteiger partial charge on any atom is 0.307 e. The van der Waals surface area contributed by atoms with Gasteiger partial charge in [0.1, 0.15) is 0 Å². The van der Waals surface area contributed by atoms with Gasteiger partial charge in [-0.2, -0.15) is 0 Å². The van der Waals surface area contributed by atoms with E-state index in [1.165, 1.54) is 12.0 Å². The van der Waals surface area contributed by atoms with Gasteiger partial charge in [0.25, 0.3) is 0 Å². The summed E-state index contributed by atoms with van der Waals surface area (Å²) in [6.45, 7) is 13.5. The van der Waals surface area contributed by atoms with Crippen LogP contribution in [0.15, 0.2) is 11.6 Å². The lowest BCUT2D eigenvalue weighted by Gasteiger charge is -2.42. The van der Waals surface area contributed by atoms with E-state index in [2.05, 4.69) is 47.6 Å². The zero-order valence-electron chi connectivity index (χ0n) is 13.2. The molecule has 0 amide bonds. The van der Waals surface area contributed by atoms with Crippen LogP contribution in [0.4, 0.5) is 0 Å². The number of carboxylic acid groups (broad SMARTS) is 1. The van der Waals surface area contributed by atoms with E-state index in [0.29, 0.717) is 10.8 Å². The zero-order valence-corrected chi connectivity index (χ0v) is 13.2. The molecule has 2 fully saturated rings. The highest BCUT2D eigenvalue weighted by molar-refractivity contribution is 5.76. The van der Waals surface area contributed by atoms with Crippen LogP contribution in [-0.4, -0.2) is 11.1 Å². The van der Waals surface area contributed by atoms with Crippen molar-refractivity contribution in [3.8, 4) is 0 Å². The number of carbonyl (C=O) groups is 1. The van der Waals surface area contributed by atoms with Crippen molar-refractivity contribution in [1.29, 1.82) is 0 Å². The number of allylic oxidation sites excluding steroid dienone is 2. The molecular formula is C17H28O2. The summed E-state index contributed by atoms with van der Waals surface area (Å²) in [7, 11) is 0. The molecule has 2 aliphatic rings. The van der Waals surface area contributed by atoms with Crippen LogP contribution in [0.1, 0.15) is 60.8 Å². The fourth-order valence-corrected chi connectivity index (χ4v) is 4.54. The van der Waals surface area contributed by atoms with Crippen molar-refractivity contribution < 1.29 is 9.90 Å². The molecule has 0 spiro atoms. The van der Waals surface area contributed by atoms with Gasteiger partial charge in [-0.25, -0.2) is 0 Å². The summed E-state index contributed by atoms with van der Waals surface area (Å²) in [4.78, 5) is 11.3. The number of hydrogen-bond acceptors (Lipinski definition) is 1. The minimum absolute atomic E-state index is 0.0649. The number of carboxylic acids is 1. The first-order valence-electron chi connectivity index (χ1n) is 7.37. The van der Waals surface area contributed by atoms with Crippen molar-refractivity contribution in [1.82, 2.24) is 0 Å². The van der Waals surface area contributed by atoms with Crippen molar-refractivity contribution >= 4 is 5.97 Å². The molecule has 1 N–H and O–H groups in total. The van der Waals surface area contributed by atoms with Crippen LogP contribution in [0.5, 0.6) is 0 Å². The maximum atomic E-state index is 11.3. The van der Waals surface area contributed by atoms with Crippen molar-refractivity contribution in [2.24, 2.45) is 28.1 Å². The number of rotatable bonds is 2. The van der Waals surface area contributed by atoms with Crippen LogP contribution >= 0.6 is 0 Å². The smallest absolute Gasteiger partial charge is 0.307 e. The topological polar surface area (TPSA) is 37.3 Å². The molecule has 0 bridgehead atoms. The van der Waals surface area contributed by atoms with Crippen molar-refractivity contribution in [2.45, 2.75) is 60.8 Å². The standard InChI is InChI=1S/C17H28O2/c1-15(2)8-11(9-16(3,4)10-15)7-12-13(14(18)19)17(12,5)6/h7,12-13H,8-10H2,1-6H3,(H,18,19)/t12-,13+/m0/s1. The molecular weight excluding hydrogens is 236 g/mol. The summed E-state index contributed by atoms with van der Waals surface area (Å²) in [5, 5.41) is 9.26. The highest BCUT2D eigenvalue weighted by atomic mass is 16.4. The highest BCUT2D eigenvalue weighted by Gasteiger charge is 2.61. The summed E-state index contributed by atoms with van der Waals surface area (Å²) in [6.07, 6.45) is 5.78. The van der Waals surface area contributed by atoms with Crippen LogP contribution in [0.3, 0.4) is 0 Å². The fourth-order valence-electron chi connectivity index (χ4n) is 4.54. The molecule has 108 valence electrons. The van der Waals surface area contributed by atoms with E-state index < -0.39 is 5.97 Å². The predicted octanol–water partition coefficient (Wildman–Crippen LogP) is 4.51. The Hall–Kier alpha value is -0.790. The van der Waals surface area contributed by atoms with Gasteiger partial charge in [0.05, 0.1) is 5.92 Å². The van der Waals surface area contributed by atoms with E-state index in [-0.39, 0.29) is 17.3 Å². The average molecular weight is 264 g/mol. The second kappa shape index (κ2) is 4.10. The van der Waals surface area contributed by atoms with E-state index in [9.17, 15) is 9.90 Å². The third kappa shape index (κ3) is 2.88. The summed E-state index contributed by atoms with van der Waals surface area (Å²) in [5.41, 5.74) is 2.09. The van der Waals surface area contributed by atoms with Gasteiger partial charge < -0.3 is 5.11 Å². The Kier molecular flexibility index (Phi) is 3.15. The monoisotopic (exact) mass is 264 g/mol. The molecule has 0 saturated heterocycles. The first-order chi connectivity index (χ1) is 8.45. The van der Waals surface area contributed by atoms with E-state index in [1.807, 2.05) is 0 Å². The summed E-state index contributed by atoms with van der Waals surface area (Å²) in [5.74, 6) is -0.598. The average Bonchev–Trinajstić information content (AvgIpc) is 2.61. The Bertz CT molecular complexity index is 409. The summed E-state index contributed by atoms with van der Waals surface area (Å²) < 4.78 is 0. The second-order valence-electron chi connectivity index (χ2n) is 8.85. The molecule has 0 aromatic carbocycles. The predicted molar refractivity (Wildman–Crippen MR) is 77.9 cm³/mol. The van der Waals surface area contributed by atoms with Gasteiger partial charge in [0, 0.05) is 0 Å². The molecule has 2 saturated carbocycles. The highest BCUT2D eigenvalue weighted by Crippen LogP contribution is 2.60. The molecule has 0 heterocycles. The van der Waals surface area contributed by atoms with E-state index in [0.717, 1.165) is 12.8 Å². The van der Waals surface area contributed by atoms with Gasteiger partial charge in [0.2, 0.25) is 0 Å². The lowest BCUT2D eigenvalue weighted by atomic mass is 9.63. The molecule has 0 radical (unpaired) electrons. The van der Waals surface area contributed by atoms with Gasteiger partial charge in [-0.3, -0.25) is 4.79 Å². The minimum atomic E-state index is -0.638. The minimum Gasteiger partial charge on any atom is -0.481 e. The van der Waals surface area contributed by atoms with Crippen molar-refractivity contribution in [3.63, 3.8) is 0 Å². The van der Waals surface area contributed by atoms with Gasteiger partial charge in [-0.15, -0.1) is 0 Å². The van der Waals surface area contributed by atoms with Gasteiger partial charge in [-0.05, 0) is 41.4 Å². The third-order valence-electron chi connectivity index (χ3n) is 4.96. The van der Waals surface area contributed by atoms with Crippen LogP contribution in [-0.2, 0) is 4.79 Å². The van der Waals surface area contributed by atoms with Crippen LogP contribution < -0.4 is 0 Å². The Balaban J connectivity index is 2.19. The molecule has 2 nitrogen and oxygen atoms in total. The molecule has 19 heavy (non-hydrogen) atoms.